The number of nitrogens with zero attached hydrogens (tertiary/aromatic N) is 3. The molecule has 0 radical (unpaired) electrons. The molecule has 0 unspecified atom stereocenters. The van der Waals surface area contributed by atoms with Crippen molar-refractivity contribution in [1.29, 1.82) is 0 Å². The largest absolute Gasteiger partial charge is 0.393 e. The number of aromatic nitrogens is 2. The molecule has 0 saturated heterocycles. The van der Waals surface area contributed by atoms with Crippen molar-refractivity contribution >= 4 is 28.8 Å². The number of ketones is 1. The molecule has 0 aliphatic rings. The lowest BCUT2D eigenvalue weighted by Gasteiger charge is -2.26. The molecule has 6 nitrogen and oxygen atoms in total. The zero-order valence-electron chi connectivity index (χ0n) is 17.9. The second-order valence-corrected chi connectivity index (χ2v) is 7.55. The van der Waals surface area contributed by atoms with Crippen molar-refractivity contribution in [3.63, 3.8) is 0 Å². The first-order valence-electron chi connectivity index (χ1n) is 10.4. The number of Topliss-reactive ketones (excluding diaryl/α,β-unsaturated/α-hetero) is 1. The van der Waals surface area contributed by atoms with Crippen LogP contribution in [0.2, 0.25) is 0 Å². The van der Waals surface area contributed by atoms with E-state index in [1.807, 2.05) is 48.5 Å². The maximum absolute atomic E-state index is 11.5. The zero-order chi connectivity index (χ0) is 22.3. The highest BCUT2D eigenvalue weighted by Gasteiger charge is 2.17. The molecule has 1 aromatic heterocycles. The molecule has 6 heteroatoms. The molecule has 0 bridgehead atoms. The van der Waals surface area contributed by atoms with Gasteiger partial charge in [0, 0.05) is 24.3 Å². The lowest BCUT2D eigenvalue weighted by atomic mass is 10.1. The van der Waals surface area contributed by atoms with Crippen LogP contribution in [-0.2, 0) is 13.1 Å². The van der Waals surface area contributed by atoms with Crippen molar-refractivity contribution in [1.82, 2.24) is 9.97 Å². The standard InChI is InChI=1S/C26H25N5O/c1-19(32)22-12-14-23(15-13-22)30-25-24(27)26(29-18-28-25)31(16-20-8-4-2-5-9-20)17-21-10-6-3-7-11-21/h2-15,18H,16-17,27H2,1H3,(H,28,29,30). The van der Waals surface area contributed by atoms with Crippen LogP contribution in [-0.4, -0.2) is 15.8 Å². The minimum absolute atomic E-state index is 0.0258. The van der Waals surface area contributed by atoms with E-state index in [-0.39, 0.29) is 5.78 Å². The van der Waals surface area contributed by atoms with Crippen LogP contribution in [0.1, 0.15) is 28.4 Å². The van der Waals surface area contributed by atoms with Gasteiger partial charge in [-0.25, -0.2) is 9.97 Å². The van der Waals surface area contributed by atoms with E-state index in [4.69, 9.17) is 5.73 Å². The SMILES string of the molecule is CC(=O)c1ccc(Nc2ncnc(N(Cc3ccccc3)Cc3ccccc3)c2N)cc1. The molecule has 0 atom stereocenters. The van der Waals surface area contributed by atoms with Gasteiger partial charge in [-0.3, -0.25) is 4.79 Å². The lowest BCUT2D eigenvalue weighted by molar-refractivity contribution is 0.101. The second kappa shape index (κ2) is 9.75. The molecule has 0 spiro atoms. The van der Waals surface area contributed by atoms with Crippen molar-refractivity contribution in [3.05, 3.63) is 108 Å². The van der Waals surface area contributed by atoms with Crippen LogP contribution in [0.4, 0.5) is 23.0 Å². The Balaban J connectivity index is 1.64. The molecule has 0 amide bonds. The Kier molecular flexibility index (Phi) is 6.41. The predicted molar refractivity (Wildman–Crippen MR) is 129 cm³/mol. The summed E-state index contributed by atoms with van der Waals surface area (Å²) in [5.41, 5.74) is 10.8. The first-order valence-corrected chi connectivity index (χ1v) is 10.4. The highest BCUT2D eigenvalue weighted by molar-refractivity contribution is 5.94. The van der Waals surface area contributed by atoms with Crippen molar-refractivity contribution in [2.45, 2.75) is 20.0 Å². The van der Waals surface area contributed by atoms with Crippen LogP contribution in [0.5, 0.6) is 0 Å². The summed E-state index contributed by atoms with van der Waals surface area (Å²) in [7, 11) is 0. The minimum atomic E-state index is 0.0258. The average Bonchev–Trinajstić information content (AvgIpc) is 2.82. The Morgan fingerprint density at radius 3 is 1.94 bits per heavy atom. The molecule has 4 rings (SSSR count). The van der Waals surface area contributed by atoms with Crippen LogP contribution in [0.3, 0.4) is 0 Å². The van der Waals surface area contributed by atoms with Crippen LogP contribution in [0.25, 0.3) is 0 Å². The van der Waals surface area contributed by atoms with Gasteiger partial charge in [-0.15, -0.1) is 0 Å². The molecule has 160 valence electrons. The molecule has 1 heterocycles. The van der Waals surface area contributed by atoms with Crippen molar-refractivity contribution in [2.24, 2.45) is 0 Å². The summed E-state index contributed by atoms with van der Waals surface area (Å²) in [6, 6.07) is 27.7. The summed E-state index contributed by atoms with van der Waals surface area (Å²) < 4.78 is 0. The Bertz CT molecular complexity index is 1140. The summed E-state index contributed by atoms with van der Waals surface area (Å²) in [6.07, 6.45) is 1.51. The molecule has 4 aromatic rings. The lowest BCUT2D eigenvalue weighted by Crippen LogP contribution is -2.24. The van der Waals surface area contributed by atoms with Crippen LogP contribution in [0, 0.1) is 0 Å². The van der Waals surface area contributed by atoms with Gasteiger partial charge in [-0.1, -0.05) is 60.7 Å². The molecule has 3 N–H and O–H groups in total. The Morgan fingerprint density at radius 1 is 0.844 bits per heavy atom. The number of hydrogen-bond acceptors (Lipinski definition) is 6. The number of nitrogens with one attached hydrogen (secondary N) is 1. The third-order valence-corrected chi connectivity index (χ3v) is 5.15. The number of carbonyl (C=O) groups is 1. The monoisotopic (exact) mass is 423 g/mol. The molecular formula is C26H25N5O. The summed E-state index contributed by atoms with van der Waals surface area (Å²) in [6.45, 7) is 2.86. The summed E-state index contributed by atoms with van der Waals surface area (Å²) in [5, 5.41) is 3.25. The second-order valence-electron chi connectivity index (χ2n) is 7.55. The third kappa shape index (κ3) is 5.10. The van der Waals surface area contributed by atoms with Gasteiger partial charge in [-0.05, 0) is 42.3 Å². The summed E-state index contributed by atoms with van der Waals surface area (Å²) >= 11 is 0. The normalized spacial score (nSPS) is 10.5. The van der Waals surface area contributed by atoms with E-state index in [2.05, 4.69) is 44.5 Å². The van der Waals surface area contributed by atoms with E-state index in [0.717, 1.165) is 16.8 Å². The zero-order valence-corrected chi connectivity index (χ0v) is 17.9. The number of nitrogen functional groups attached to an aromatic ring is 1. The Hall–Kier alpha value is -4.19. The summed E-state index contributed by atoms with van der Waals surface area (Å²) in [4.78, 5) is 22.5. The molecule has 0 aliphatic heterocycles. The maximum atomic E-state index is 11.5. The van der Waals surface area contributed by atoms with E-state index in [1.54, 1.807) is 19.1 Å². The van der Waals surface area contributed by atoms with E-state index in [0.29, 0.717) is 36.0 Å². The molecule has 32 heavy (non-hydrogen) atoms. The van der Waals surface area contributed by atoms with Gasteiger partial charge in [0.2, 0.25) is 0 Å². The molecule has 3 aromatic carbocycles. The van der Waals surface area contributed by atoms with Gasteiger partial charge in [-0.2, -0.15) is 0 Å². The first kappa shape index (κ1) is 21.1. The van der Waals surface area contributed by atoms with Gasteiger partial charge in [0.05, 0.1) is 0 Å². The van der Waals surface area contributed by atoms with E-state index in [1.165, 1.54) is 6.33 Å². The van der Waals surface area contributed by atoms with Crippen LogP contribution >= 0.6 is 0 Å². The van der Waals surface area contributed by atoms with Gasteiger partial charge >= 0.3 is 0 Å². The Morgan fingerprint density at radius 2 is 1.41 bits per heavy atom. The third-order valence-electron chi connectivity index (χ3n) is 5.15. The van der Waals surface area contributed by atoms with Crippen molar-refractivity contribution in [2.75, 3.05) is 16.0 Å². The molecule has 0 fully saturated rings. The fraction of sp³-hybridized carbons (Fsp3) is 0.115. The number of rotatable bonds is 8. The van der Waals surface area contributed by atoms with Gasteiger partial charge < -0.3 is 16.0 Å². The smallest absolute Gasteiger partial charge is 0.159 e. The fourth-order valence-electron chi connectivity index (χ4n) is 3.48. The molecular weight excluding hydrogens is 398 g/mol. The van der Waals surface area contributed by atoms with E-state index in [9.17, 15) is 4.79 Å². The molecule has 0 saturated carbocycles. The van der Waals surface area contributed by atoms with E-state index < -0.39 is 0 Å². The van der Waals surface area contributed by atoms with Gasteiger partial charge in [0.1, 0.15) is 12.0 Å². The predicted octanol–water partition coefficient (Wildman–Crippen LogP) is 5.21. The number of carbonyl (C=O) groups excluding carboxylic acids is 1. The number of benzene rings is 3. The highest BCUT2D eigenvalue weighted by atomic mass is 16.1. The quantitative estimate of drug-likeness (QED) is 0.378. The average molecular weight is 424 g/mol. The van der Waals surface area contributed by atoms with E-state index >= 15 is 0 Å². The summed E-state index contributed by atoms with van der Waals surface area (Å²) in [5.74, 6) is 1.21. The number of hydrogen-bond donors (Lipinski definition) is 2. The number of nitrogens with two attached hydrogens (primary N) is 1. The number of anilines is 4. The minimum Gasteiger partial charge on any atom is -0.393 e. The van der Waals surface area contributed by atoms with Crippen molar-refractivity contribution in [3.8, 4) is 0 Å². The fourth-order valence-corrected chi connectivity index (χ4v) is 3.48. The maximum Gasteiger partial charge on any atom is 0.159 e. The van der Waals surface area contributed by atoms with Crippen LogP contribution in [0.15, 0.2) is 91.3 Å². The van der Waals surface area contributed by atoms with Gasteiger partial charge in [0.25, 0.3) is 0 Å². The molecule has 0 aliphatic carbocycles. The van der Waals surface area contributed by atoms with Gasteiger partial charge in [0.15, 0.2) is 17.4 Å². The first-order chi connectivity index (χ1) is 15.6. The highest BCUT2D eigenvalue weighted by Crippen LogP contribution is 2.30. The topological polar surface area (TPSA) is 84.1 Å². The van der Waals surface area contributed by atoms with Crippen molar-refractivity contribution < 1.29 is 4.79 Å². The Labute approximate surface area is 187 Å². The van der Waals surface area contributed by atoms with Crippen LogP contribution < -0.4 is 16.0 Å².